The zero-order valence-electron chi connectivity index (χ0n) is 14.5. The molecule has 6 nitrogen and oxygen atoms in total. The Hall–Kier alpha value is -2.89. The standard InChI is InChI=1S/C20H22N4O2/c25-18-20(8-10-22-18)14-24(13-17(20)16-6-2-1-3-7-16)19(26)23-12-15-5-4-9-21-11-15/h1-7,9,11,17H,8,10,12-14H2,(H,22,25)(H,23,26)/t17-,20+/m0/s1. The van der Waals surface area contributed by atoms with E-state index >= 15 is 0 Å². The molecule has 1 spiro atoms. The summed E-state index contributed by atoms with van der Waals surface area (Å²) in [6.45, 7) is 2.11. The Bertz CT molecular complexity index is 796. The number of hydrogen-bond acceptors (Lipinski definition) is 3. The second-order valence-electron chi connectivity index (χ2n) is 7.03. The lowest BCUT2D eigenvalue weighted by molar-refractivity contribution is -0.127. The number of rotatable bonds is 3. The van der Waals surface area contributed by atoms with Crippen LogP contribution >= 0.6 is 0 Å². The molecule has 6 heteroatoms. The van der Waals surface area contributed by atoms with E-state index in [0.717, 1.165) is 17.5 Å². The first-order chi connectivity index (χ1) is 12.7. The Balaban J connectivity index is 1.52. The molecule has 0 unspecified atom stereocenters. The van der Waals surface area contributed by atoms with E-state index in [1.54, 1.807) is 17.3 Å². The van der Waals surface area contributed by atoms with E-state index in [9.17, 15) is 9.59 Å². The van der Waals surface area contributed by atoms with Crippen molar-refractivity contribution in [2.24, 2.45) is 5.41 Å². The van der Waals surface area contributed by atoms with E-state index in [0.29, 0.717) is 26.2 Å². The fourth-order valence-corrected chi connectivity index (χ4v) is 4.14. The molecule has 0 bridgehead atoms. The van der Waals surface area contributed by atoms with E-state index in [1.165, 1.54) is 0 Å². The summed E-state index contributed by atoms with van der Waals surface area (Å²) in [4.78, 5) is 31.2. The predicted molar refractivity (Wildman–Crippen MR) is 97.3 cm³/mol. The van der Waals surface area contributed by atoms with Crippen molar-refractivity contribution in [3.05, 3.63) is 66.0 Å². The summed E-state index contributed by atoms with van der Waals surface area (Å²) < 4.78 is 0. The highest BCUT2D eigenvalue weighted by molar-refractivity contribution is 5.88. The number of urea groups is 1. The van der Waals surface area contributed by atoms with E-state index in [2.05, 4.69) is 27.8 Å². The second-order valence-corrected chi connectivity index (χ2v) is 7.03. The van der Waals surface area contributed by atoms with Crippen LogP contribution in [-0.2, 0) is 11.3 Å². The lowest BCUT2D eigenvalue weighted by Crippen LogP contribution is -2.41. The van der Waals surface area contributed by atoms with Crippen molar-refractivity contribution < 1.29 is 9.59 Å². The Kier molecular flexibility index (Phi) is 4.32. The number of likely N-dealkylation sites (tertiary alicyclic amines) is 1. The van der Waals surface area contributed by atoms with Crippen LogP contribution in [-0.4, -0.2) is 41.5 Å². The maximum absolute atomic E-state index is 12.7. The van der Waals surface area contributed by atoms with Crippen molar-refractivity contribution in [1.82, 2.24) is 20.5 Å². The van der Waals surface area contributed by atoms with Gasteiger partial charge in [-0.2, -0.15) is 0 Å². The summed E-state index contributed by atoms with van der Waals surface area (Å²) >= 11 is 0. The number of carbonyl (C=O) groups is 2. The molecule has 3 heterocycles. The topological polar surface area (TPSA) is 74.3 Å². The minimum atomic E-state index is -0.521. The molecule has 26 heavy (non-hydrogen) atoms. The number of hydrogen-bond donors (Lipinski definition) is 2. The Labute approximate surface area is 152 Å². The number of carbonyl (C=O) groups excluding carboxylic acids is 2. The molecule has 2 atom stereocenters. The zero-order valence-corrected chi connectivity index (χ0v) is 14.5. The molecule has 0 radical (unpaired) electrons. The van der Waals surface area contributed by atoms with Crippen LogP contribution in [0.3, 0.4) is 0 Å². The summed E-state index contributed by atoms with van der Waals surface area (Å²) in [5.74, 6) is 0.0873. The van der Waals surface area contributed by atoms with Crippen LogP contribution in [0.25, 0.3) is 0 Å². The molecule has 1 aromatic heterocycles. The van der Waals surface area contributed by atoms with Crippen molar-refractivity contribution >= 4 is 11.9 Å². The van der Waals surface area contributed by atoms with E-state index in [4.69, 9.17) is 0 Å². The van der Waals surface area contributed by atoms with Gasteiger partial charge in [-0.05, 0) is 23.6 Å². The summed E-state index contributed by atoms with van der Waals surface area (Å²) in [5.41, 5.74) is 1.55. The second kappa shape index (κ2) is 6.78. The molecule has 134 valence electrons. The lowest BCUT2D eigenvalue weighted by Gasteiger charge is -2.27. The zero-order chi connectivity index (χ0) is 18.0. The van der Waals surface area contributed by atoms with Crippen LogP contribution in [0.5, 0.6) is 0 Å². The third-order valence-electron chi connectivity index (χ3n) is 5.51. The van der Waals surface area contributed by atoms with Gasteiger partial charge in [-0.25, -0.2) is 4.79 Å². The largest absolute Gasteiger partial charge is 0.356 e. The minimum Gasteiger partial charge on any atom is -0.356 e. The van der Waals surface area contributed by atoms with Gasteiger partial charge in [0.05, 0.1) is 5.41 Å². The van der Waals surface area contributed by atoms with Gasteiger partial charge in [-0.3, -0.25) is 9.78 Å². The maximum atomic E-state index is 12.7. The SMILES string of the molecule is O=C(NCc1cccnc1)N1C[C@@H](c2ccccc2)[C@@]2(CCNC2=O)C1. The van der Waals surface area contributed by atoms with Crippen molar-refractivity contribution in [2.45, 2.75) is 18.9 Å². The molecule has 0 aliphatic carbocycles. The lowest BCUT2D eigenvalue weighted by atomic mass is 9.73. The average Bonchev–Trinajstić information content (AvgIpc) is 3.26. The molecular formula is C20H22N4O2. The smallest absolute Gasteiger partial charge is 0.317 e. The van der Waals surface area contributed by atoms with Gasteiger partial charge in [-0.1, -0.05) is 36.4 Å². The Morgan fingerprint density at radius 2 is 2.12 bits per heavy atom. The summed E-state index contributed by atoms with van der Waals surface area (Å²) in [6, 6.07) is 13.7. The Morgan fingerprint density at radius 3 is 2.81 bits per heavy atom. The molecule has 2 aliphatic rings. The van der Waals surface area contributed by atoms with Crippen LogP contribution in [0.4, 0.5) is 4.79 Å². The number of nitrogens with zero attached hydrogens (tertiary/aromatic N) is 2. The highest BCUT2D eigenvalue weighted by Crippen LogP contribution is 2.47. The number of aromatic nitrogens is 1. The van der Waals surface area contributed by atoms with Crippen molar-refractivity contribution in [3.8, 4) is 0 Å². The summed E-state index contributed by atoms with van der Waals surface area (Å²) in [5, 5.41) is 5.91. The number of pyridine rings is 1. The third kappa shape index (κ3) is 2.92. The van der Waals surface area contributed by atoms with Gasteiger partial charge in [-0.15, -0.1) is 0 Å². The van der Waals surface area contributed by atoms with Gasteiger partial charge in [0, 0.05) is 44.5 Å². The normalized spacial score (nSPS) is 24.7. The highest BCUT2D eigenvalue weighted by atomic mass is 16.2. The highest BCUT2D eigenvalue weighted by Gasteiger charge is 2.55. The van der Waals surface area contributed by atoms with Gasteiger partial charge in [0.25, 0.3) is 0 Å². The molecule has 4 rings (SSSR count). The molecule has 0 saturated carbocycles. The van der Waals surface area contributed by atoms with Crippen LogP contribution in [0.15, 0.2) is 54.9 Å². The van der Waals surface area contributed by atoms with Crippen molar-refractivity contribution in [3.63, 3.8) is 0 Å². The minimum absolute atomic E-state index is 0.0235. The predicted octanol–water partition coefficient (Wildman–Crippen LogP) is 1.90. The van der Waals surface area contributed by atoms with Gasteiger partial charge < -0.3 is 15.5 Å². The summed E-state index contributed by atoms with van der Waals surface area (Å²) in [7, 11) is 0. The number of amides is 3. The van der Waals surface area contributed by atoms with Crippen LogP contribution in [0, 0.1) is 5.41 Å². The van der Waals surface area contributed by atoms with E-state index < -0.39 is 5.41 Å². The molecular weight excluding hydrogens is 328 g/mol. The fourth-order valence-electron chi connectivity index (χ4n) is 4.14. The quantitative estimate of drug-likeness (QED) is 0.888. The molecule has 2 fully saturated rings. The average molecular weight is 350 g/mol. The molecule has 2 aromatic rings. The molecule has 3 amide bonds. The fraction of sp³-hybridized carbons (Fsp3) is 0.350. The molecule has 2 saturated heterocycles. The number of nitrogens with one attached hydrogen (secondary N) is 2. The first-order valence-corrected chi connectivity index (χ1v) is 8.94. The van der Waals surface area contributed by atoms with Crippen LogP contribution in [0.1, 0.15) is 23.5 Å². The third-order valence-corrected chi connectivity index (χ3v) is 5.51. The molecule has 2 aliphatic heterocycles. The maximum Gasteiger partial charge on any atom is 0.317 e. The number of benzene rings is 1. The van der Waals surface area contributed by atoms with Gasteiger partial charge in [0.2, 0.25) is 5.91 Å². The molecule has 2 N–H and O–H groups in total. The van der Waals surface area contributed by atoms with Crippen molar-refractivity contribution in [2.75, 3.05) is 19.6 Å². The van der Waals surface area contributed by atoms with Gasteiger partial charge in [0.15, 0.2) is 0 Å². The van der Waals surface area contributed by atoms with Crippen molar-refractivity contribution in [1.29, 1.82) is 0 Å². The Morgan fingerprint density at radius 1 is 1.27 bits per heavy atom. The van der Waals surface area contributed by atoms with E-state index in [1.807, 2.05) is 30.3 Å². The van der Waals surface area contributed by atoms with E-state index in [-0.39, 0.29) is 17.9 Å². The van der Waals surface area contributed by atoms with Gasteiger partial charge in [0.1, 0.15) is 0 Å². The first-order valence-electron chi connectivity index (χ1n) is 8.94. The first kappa shape index (κ1) is 16.6. The summed E-state index contributed by atoms with van der Waals surface area (Å²) in [6.07, 6.45) is 4.21. The molecule has 1 aromatic carbocycles. The van der Waals surface area contributed by atoms with Crippen LogP contribution in [0.2, 0.25) is 0 Å². The monoisotopic (exact) mass is 350 g/mol. The van der Waals surface area contributed by atoms with Crippen LogP contribution < -0.4 is 10.6 Å². The van der Waals surface area contributed by atoms with Gasteiger partial charge >= 0.3 is 6.03 Å².